The molecule has 0 radical (unpaired) electrons. The molecule has 0 aliphatic rings. The molecule has 4 aromatic rings. The second kappa shape index (κ2) is 16.9. The Kier molecular flexibility index (Phi) is 12.1. The van der Waals surface area contributed by atoms with Crippen LogP contribution in [0.5, 0.6) is 0 Å². The molecule has 0 saturated heterocycles. The highest BCUT2D eigenvalue weighted by Gasteiger charge is 2.08. The van der Waals surface area contributed by atoms with Crippen LogP contribution >= 0.6 is 0 Å². The van der Waals surface area contributed by atoms with E-state index in [2.05, 4.69) is 61.7 Å². The Labute approximate surface area is 261 Å². The van der Waals surface area contributed by atoms with Crippen molar-refractivity contribution in [3.05, 3.63) is 204 Å². The van der Waals surface area contributed by atoms with Gasteiger partial charge >= 0.3 is 0 Å². The summed E-state index contributed by atoms with van der Waals surface area (Å²) in [5.41, 5.74) is 13.9. The van der Waals surface area contributed by atoms with E-state index >= 15 is 0 Å². The molecule has 0 atom stereocenters. The Morgan fingerprint density at radius 1 is 0.545 bits per heavy atom. The van der Waals surface area contributed by atoms with Crippen LogP contribution in [0, 0.1) is 5.41 Å². The number of rotatable bonds is 15. The maximum atomic E-state index is 7.94. The number of nitrogens with one attached hydrogen (secondary N) is 1. The fourth-order valence-corrected chi connectivity index (χ4v) is 4.55. The third kappa shape index (κ3) is 9.02. The molecule has 0 aliphatic carbocycles. The summed E-state index contributed by atoms with van der Waals surface area (Å²) in [6.07, 6.45) is 9.08. The Balaban J connectivity index is 1.39. The van der Waals surface area contributed by atoms with E-state index in [-0.39, 0.29) is 19.8 Å². The van der Waals surface area contributed by atoms with Gasteiger partial charge in [0.1, 0.15) is 24.7 Å². The first kappa shape index (κ1) is 31.5. The van der Waals surface area contributed by atoms with Gasteiger partial charge in [0.25, 0.3) is 0 Å². The van der Waals surface area contributed by atoms with Gasteiger partial charge < -0.3 is 20.6 Å². The van der Waals surface area contributed by atoms with Gasteiger partial charge in [-0.2, -0.15) is 0 Å². The summed E-state index contributed by atoms with van der Waals surface area (Å²) in [7, 11) is 0. The van der Waals surface area contributed by atoms with Crippen LogP contribution in [0.1, 0.15) is 22.3 Å². The van der Waals surface area contributed by atoms with Gasteiger partial charge in [-0.3, -0.25) is 0 Å². The summed E-state index contributed by atoms with van der Waals surface area (Å²) >= 11 is 0. The van der Waals surface area contributed by atoms with E-state index in [9.17, 15) is 0 Å². The van der Waals surface area contributed by atoms with Crippen LogP contribution in [0.2, 0.25) is 0 Å². The van der Waals surface area contributed by atoms with Gasteiger partial charge in [0.15, 0.2) is 0 Å². The van der Waals surface area contributed by atoms with E-state index < -0.39 is 0 Å². The molecule has 0 saturated carbocycles. The Hall–Kier alpha value is -5.45. The maximum Gasteiger partial charge on any atom is 0.122 e. The molecule has 44 heavy (non-hydrogen) atoms. The average molecular weight is 579 g/mol. The lowest BCUT2D eigenvalue weighted by molar-refractivity contribution is 0.126. The third-order valence-electron chi connectivity index (χ3n) is 6.91. The summed E-state index contributed by atoms with van der Waals surface area (Å²) in [5, 5.41) is 7.94. The van der Waals surface area contributed by atoms with Crippen LogP contribution in [-0.4, -0.2) is 26.0 Å². The van der Waals surface area contributed by atoms with Crippen LogP contribution in [-0.2, 0) is 9.47 Å². The maximum absolute atomic E-state index is 7.94. The lowest BCUT2D eigenvalue weighted by Crippen LogP contribution is -2.10. The van der Waals surface area contributed by atoms with Gasteiger partial charge in [0.05, 0.1) is 0 Å². The molecule has 220 valence electrons. The third-order valence-corrected chi connectivity index (χ3v) is 6.91. The monoisotopic (exact) mass is 578 g/mol. The van der Waals surface area contributed by atoms with Crippen LogP contribution in [0.25, 0.3) is 11.1 Å². The summed E-state index contributed by atoms with van der Waals surface area (Å²) in [6.45, 7) is 8.90. The molecule has 0 fully saturated rings. The molecular weight excluding hydrogens is 540 g/mol. The summed E-state index contributed by atoms with van der Waals surface area (Å²) < 4.78 is 11.7. The van der Waals surface area contributed by atoms with Crippen LogP contribution < -0.4 is 5.73 Å². The number of hydrogen-bond acceptors (Lipinski definition) is 4. The molecule has 0 aliphatic heterocycles. The lowest BCUT2D eigenvalue weighted by atomic mass is 9.97. The molecule has 4 rings (SSSR count). The van der Waals surface area contributed by atoms with Crippen molar-refractivity contribution in [2.24, 2.45) is 5.73 Å². The minimum atomic E-state index is 0.240. The largest absolute Gasteiger partial charge is 0.490 e. The summed E-state index contributed by atoms with van der Waals surface area (Å²) in [5.74, 6) is 0.873. The first-order valence-corrected chi connectivity index (χ1v) is 14.5. The first-order chi connectivity index (χ1) is 21.6. The van der Waals surface area contributed by atoms with E-state index in [1.165, 1.54) is 6.21 Å². The summed E-state index contributed by atoms with van der Waals surface area (Å²) in [4.78, 5) is 0. The molecule has 0 spiro atoms. The predicted octanol–water partition coefficient (Wildman–Crippen LogP) is 8.77. The molecule has 0 unspecified atom stereocenters. The van der Waals surface area contributed by atoms with Crippen molar-refractivity contribution in [3.8, 4) is 0 Å². The Morgan fingerprint density at radius 3 is 1.27 bits per heavy atom. The second-order valence-corrected chi connectivity index (χ2v) is 9.83. The van der Waals surface area contributed by atoms with Crippen LogP contribution in [0.15, 0.2) is 181 Å². The minimum absolute atomic E-state index is 0.240. The van der Waals surface area contributed by atoms with Crippen LogP contribution in [0.3, 0.4) is 0 Å². The highest BCUT2D eigenvalue weighted by molar-refractivity contribution is 5.85. The molecule has 3 N–H and O–H groups in total. The molecule has 4 nitrogen and oxygen atoms in total. The molecule has 0 amide bonds. The number of nitrogens with two attached hydrogens (primary N) is 1. The standard InChI is InChI=1S/C40H38N2O2/c1-31(37(29-41)23-25-39(33-15-7-3-8-16-33)34-17-9-4-10-18-34)43-27-28-44-32(2)38(30-42)24-26-40(35-19-11-5-12-20-35)36-21-13-6-14-22-36/h3-26,29,41H,1-2,27-28,30,42H2/b37-23-,38-24-,41-29?. The fourth-order valence-electron chi connectivity index (χ4n) is 4.55. The zero-order valence-corrected chi connectivity index (χ0v) is 24.9. The highest BCUT2D eigenvalue weighted by atomic mass is 16.5. The topological polar surface area (TPSA) is 68.3 Å². The number of allylic oxidation sites excluding steroid dienone is 5. The van der Waals surface area contributed by atoms with Crippen molar-refractivity contribution in [2.75, 3.05) is 19.8 Å². The predicted molar refractivity (Wildman–Crippen MR) is 184 cm³/mol. The molecule has 0 heterocycles. The summed E-state index contributed by atoms with van der Waals surface area (Å²) in [6, 6.07) is 40.7. The lowest BCUT2D eigenvalue weighted by Gasteiger charge is -2.14. The van der Waals surface area contributed by atoms with Crippen molar-refractivity contribution in [3.63, 3.8) is 0 Å². The van der Waals surface area contributed by atoms with Gasteiger partial charge in [0, 0.05) is 23.9 Å². The molecule has 0 bridgehead atoms. The van der Waals surface area contributed by atoms with Crippen molar-refractivity contribution in [1.29, 1.82) is 5.41 Å². The Bertz CT molecular complexity index is 1570. The normalized spacial score (nSPS) is 11.2. The number of hydrogen-bond donors (Lipinski definition) is 2. The molecule has 0 aromatic heterocycles. The van der Waals surface area contributed by atoms with Crippen molar-refractivity contribution < 1.29 is 9.47 Å². The minimum Gasteiger partial charge on any atom is -0.490 e. The zero-order valence-electron chi connectivity index (χ0n) is 24.9. The Morgan fingerprint density at radius 2 is 0.909 bits per heavy atom. The molecule has 4 heteroatoms. The molecular formula is C40H38N2O2. The van der Waals surface area contributed by atoms with Crippen molar-refractivity contribution in [1.82, 2.24) is 0 Å². The zero-order chi connectivity index (χ0) is 31.0. The van der Waals surface area contributed by atoms with E-state index in [0.717, 1.165) is 39.0 Å². The number of benzene rings is 4. The van der Waals surface area contributed by atoms with E-state index in [1.54, 1.807) is 0 Å². The van der Waals surface area contributed by atoms with Crippen molar-refractivity contribution >= 4 is 17.4 Å². The second-order valence-electron chi connectivity index (χ2n) is 9.83. The molecule has 4 aromatic carbocycles. The number of ether oxygens (including phenoxy) is 2. The average Bonchev–Trinajstić information content (AvgIpc) is 3.08. The highest BCUT2D eigenvalue weighted by Crippen LogP contribution is 2.25. The smallest absolute Gasteiger partial charge is 0.122 e. The quantitative estimate of drug-likeness (QED) is 0.0641. The van der Waals surface area contributed by atoms with Gasteiger partial charge in [-0.15, -0.1) is 0 Å². The van der Waals surface area contributed by atoms with Gasteiger partial charge in [-0.1, -0.05) is 153 Å². The van der Waals surface area contributed by atoms with Crippen molar-refractivity contribution in [2.45, 2.75) is 0 Å². The van der Waals surface area contributed by atoms with Gasteiger partial charge in [-0.25, -0.2) is 0 Å². The van der Waals surface area contributed by atoms with Gasteiger partial charge in [0.2, 0.25) is 0 Å². The van der Waals surface area contributed by atoms with E-state index in [4.69, 9.17) is 20.6 Å². The SMILES string of the molecule is C=C(OCCOC(=C)/C(=C\C=C(c1ccccc1)c1ccccc1)CN)/C(C=N)=C\C=C(c1ccccc1)c1ccccc1. The van der Waals surface area contributed by atoms with E-state index in [1.807, 2.05) is 97.1 Å². The fraction of sp³-hybridized carbons (Fsp3) is 0.0750. The van der Waals surface area contributed by atoms with Crippen LogP contribution in [0.4, 0.5) is 0 Å². The van der Waals surface area contributed by atoms with Gasteiger partial charge in [-0.05, 0) is 39.5 Å². The first-order valence-electron chi connectivity index (χ1n) is 14.5. The van der Waals surface area contributed by atoms with E-state index in [0.29, 0.717) is 17.1 Å².